The minimum absolute atomic E-state index is 0. The SMILES string of the molecule is F.F.F.F.[H-].[Na+].[Sm]. The molecule has 0 saturated carbocycles. The van der Waals surface area contributed by atoms with Crippen molar-refractivity contribution in [1.82, 2.24) is 0 Å². The minimum atomic E-state index is 0. The van der Waals surface area contributed by atoms with E-state index in [4.69, 9.17) is 0 Å². The van der Waals surface area contributed by atoms with Crippen molar-refractivity contribution in [3.8, 4) is 0 Å². The largest absolute Gasteiger partial charge is 1.00 e. The first-order valence-corrected chi connectivity index (χ1v) is 0. The molecule has 0 aliphatic carbocycles. The molecular formula is H5F4NaSm. The van der Waals surface area contributed by atoms with Crippen molar-refractivity contribution in [3.05, 3.63) is 0 Å². The van der Waals surface area contributed by atoms with Crippen LogP contribution in [0.3, 0.4) is 0 Å². The van der Waals surface area contributed by atoms with Gasteiger partial charge in [0, 0.05) is 40.4 Å². The Morgan fingerprint density at radius 1 is 0.667 bits per heavy atom. The van der Waals surface area contributed by atoms with Crippen LogP contribution in [-0.2, 0) is 0 Å². The van der Waals surface area contributed by atoms with Crippen molar-refractivity contribution in [1.29, 1.82) is 0 Å². The van der Waals surface area contributed by atoms with Gasteiger partial charge in [-0.15, -0.1) is 0 Å². The van der Waals surface area contributed by atoms with Crippen molar-refractivity contribution in [2.75, 3.05) is 0 Å². The third-order valence-corrected chi connectivity index (χ3v) is 0. The average molecular weight is 254 g/mol. The van der Waals surface area contributed by atoms with E-state index in [0.29, 0.717) is 0 Å². The molecule has 0 aromatic carbocycles. The van der Waals surface area contributed by atoms with E-state index in [1.165, 1.54) is 0 Å². The van der Waals surface area contributed by atoms with Crippen molar-refractivity contribution < 1.29 is 90.2 Å². The normalized spacial score (nSPS) is 0. The molecular weight excluding hydrogens is 249 g/mol. The maximum atomic E-state index is 0. The zero-order chi connectivity index (χ0) is 0. The molecule has 0 aliphatic rings. The van der Waals surface area contributed by atoms with Gasteiger partial charge in [-0.2, -0.15) is 0 Å². The average Bonchev–Trinajstić information content (AvgIpc) is 0. The van der Waals surface area contributed by atoms with Gasteiger partial charge in [-0.05, 0) is 0 Å². The van der Waals surface area contributed by atoms with E-state index in [-0.39, 0.29) is 90.2 Å². The Hall–Kier alpha value is 2.06. The van der Waals surface area contributed by atoms with Gasteiger partial charge in [0.15, 0.2) is 0 Å². The van der Waals surface area contributed by atoms with Gasteiger partial charge >= 0.3 is 29.6 Å². The minimum Gasteiger partial charge on any atom is -1.00 e. The quantitative estimate of drug-likeness (QED) is 0.338. The van der Waals surface area contributed by atoms with Gasteiger partial charge in [0.1, 0.15) is 0 Å². The molecule has 0 N–H and O–H groups in total. The summed E-state index contributed by atoms with van der Waals surface area (Å²) in [6.45, 7) is 0. The first-order chi connectivity index (χ1) is 0. The molecule has 0 aromatic heterocycles. The van der Waals surface area contributed by atoms with E-state index >= 15 is 0 Å². The summed E-state index contributed by atoms with van der Waals surface area (Å²) < 4.78 is 0. The Bertz CT molecular complexity index is 11.7. The van der Waals surface area contributed by atoms with Crippen LogP contribution in [0.25, 0.3) is 0 Å². The Morgan fingerprint density at radius 3 is 0.667 bits per heavy atom. The van der Waals surface area contributed by atoms with Crippen LogP contribution in [0, 0.1) is 40.4 Å². The molecule has 0 fully saturated rings. The molecule has 0 aliphatic heterocycles. The molecule has 6 heavy (non-hydrogen) atoms. The van der Waals surface area contributed by atoms with Gasteiger partial charge < -0.3 is 1.43 Å². The molecule has 0 amide bonds. The van der Waals surface area contributed by atoms with Crippen LogP contribution >= 0.6 is 0 Å². The van der Waals surface area contributed by atoms with E-state index in [2.05, 4.69) is 0 Å². The van der Waals surface area contributed by atoms with E-state index in [1.54, 1.807) is 0 Å². The first-order valence-electron chi connectivity index (χ1n) is 0. The van der Waals surface area contributed by atoms with Crippen molar-refractivity contribution in [2.45, 2.75) is 0 Å². The van der Waals surface area contributed by atoms with Gasteiger partial charge in [0.05, 0.1) is 0 Å². The second-order valence-electron chi connectivity index (χ2n) is 0. The molecule has 0 unspecified atom stereocenters. The summed E-state index contributed by atoms with van der Waals surface area (Å²) in [7, 11) is 0. The zero-order valence-electron chi connectivity index (χ0n) is 4.04. The first kappa shape index (κ1) is 94.8. The fourth-order valence-electron chi connectivity index (χ4n) is 0. The van der Waals surface area contributed by atoms with Gasteiger partial charge in [-0.1, -0.05) is 0 Å². The Balaban J connectivity index is 0. The van der Waals surface area contributed by atoms with E-state index in [1.807, 2.05) is 0 Å². The van der Waals surface area contributed by atoms with Gasteiger partial charge in [0.25, 0.3) is 0 Å². The maximum absolute atomic E-state index is 0. The van der Waals surface area contributed by atoms with E-state index in [0.717, 1.165) is 0 Å². The van der Waals surface area contributed by atoms with Crippen LogP contribution < -0.4 is 29.6 Å². The molecule has 0 heterocycles. The maximum Gasteiger partial charge on any atom is 1.00 e. The molecule has 6 heteroatoms. The fraction of sp³-hybridized carbons (Fsp3) is 0. The fourth-order valence-corrected chi connectivity index (χ4v) is 0. The second kappa shape index (κ2) is 61.2. The monoisotopic (exact) mass is 256 g/mol. The molecule has 0 rings (SSSR count). The van der Waals surface area contributed by atoms with Crippen LogP contribution in [-0.4, -0.2) is 0 Å². The van der Waals surface area contributed by atoms with Crippen molar-refractivity contribution >= 4 is 0 Å². The van der Waals surface area contributed by atoms with Crippen LogP contribution in [0.5, 0.6) is 0 Å². The summed E-state index contributed by atoms with van der Waals surface area (Å²) >= 11 is 0. The van der Waals surface area contributed by atoms with Crippen LogP contribution in [0.15, 0.2) is 0 Å². The van der Waals surface area contributed by atoms with Crippen LogP contribution in [0.1, 0.15) is 1.43 Å². The topological polar surface area (TPSA) is 0 Å². The Kier molecular flexibility index (Phi) is 966. The predicted molar refractivity (Wildman–Crippen MR) is 11.1 cm³/mol. The van der Waals surface area contributed by atoms with Gasteiger partial charge in [0.2, 0.25) is 0 Å². The molecule has 0 bridgehead atoms. The summed E-state index contributed by atoms with van der Waals surface area (Å²) in [5, 5.41) is 0. The molecule has 0 spiro atoms. The molecule has 0 nitrogen and oxygen atoms in total. The van der Waals surface area contributed by atoms with Gasteiger partial charge in [-0.3, -0.25) is 18.8 Å². The summed E-state index contributed by atoms with van der Waals surface area (Å²) in [6.07, 6.45) is 0. The number of hydrogen-bond acceptors (Lipinski definition) is 0. The third-order valence-electron chi connectivity index (χ3n) is 0. The van der Waals surface area contributed by atoms with Crippen LogP contribution in [0.2, 0.25) is 0 Å². The summed E-state index contributed by atoms with van der Waals surface area (Å²) in [5.41, 5.74) is 0. The van der Waals surface area contributed by atoms with Crippen molar-refractivity contribution in [2.24, 2.45) is 0 Å². The van der Waals surface area contributed by atoms with Gasteiger partial charge in [-0.25, -0.2) is 0 Å². The summed E-state index contributed by atoms with van der Waals surface area (Å²) in [6, 6.07) is 0. The van der Waals surface area contributed by atoms with E-state index in [9.17, 15) is 0 Å². The molecule has 0 atom stereocenters. The van der Waals surface area contributed by atoms with Crippen LogP contribution in [0.4, 0.5) is 18.8 Å². The Morgan fingerprint density at radius 2 is 0.667 bits per heavy atom. The zero-order valence-corrected chi connectivity index (χ0v) is 7.66. The van der Waals surface area contributed by atoms with Crippen molar-refractivity contribution in [3.63, 3.8) is 0 Å². The summed E-state index contributed by atoms with van der Waals surface area (Å²) in [4.78, 5) is 0. The third kappa shape index (κ3) is 36.6. The smallest absolute Gasteiger partial charge is 1.00 e. The van der Waals surface area contributed by atoms with E-state index < -0.39 is 0 Å². The summed E-state index contributed by atoms with van der Waals surface area (Å²) in [5.74, 6) is 0. The number of halogens is 4. The molecule has 40 valence electrons. The Labute approximate surface area is 88.8 Å². The predicted octanol–water partition coefficient (Wildman–Crippen LogP) is -2.27. The molecule has 0 aromatic rings. The number of rotatable bonds is 0. The number of hydrogen-bond donors (Lipinski definition) is 0. The molecule has 0 saturated heterocycles. The second-order valence-corrected chi connectivity index (χ2v) is 0. The standard InChI is InChI=1S/4FH.Na.Sm.H/h4*1H;;;/q;;;;+1;;-1. The molecule has 0 radical (unpaired) electrons.